The maximum Gasteiger partial charge on any atom is 0.104 e. The van der Waals surface area contributed by atoms with Gasteiger partial charge in [0.1, 0.15) is 5.69 Å². The van der Waals surface area contributed by atoms with Gasteiger partial charge in [-0.25, -0.2) is 0 Å². The number of ether oxygens (including phenoxy) is 1. The van der Waals surface area contributed by atoms with Crippen molar-refractivity contribution < 1.29 is 4.74 Å². The summed E-state index contributed by atoms with van der Waals surface area (Å²) in [4.78, 5) is 0. The van der Waals surface area contributed by atoms with Gasteiger partial charge in [-0.1, -0.05) is 5.21 Å². The highest BCUT2D eigenvalue weighted by Gasteiger charge is 2.24. The molecule has 23 heavy (non-hydrogen) atoms. The van der Waals surface area contributed by atoms with Crippen LogP contribution in [0.25, 0.3) is 0 Å². The second kappa shape index (κ2) is 6.80. The van der Waals surface area contributed by atoms with E-state index in [1.807, 2.05) is 22.5 Å². The van der Waals surface area contributed by atoms with Crippen molar-refractivity contribution >= 4 is 0 Å². The highest BCUT2D eigenvalue weighted by Crippen LogP contribution is 2.16. The molecule has 2 atom stereocenters. The molecule has 126 valence electrons. The number of nitrogens with zero attached hydrogens (tertiary/aromatic N) is 5. The average Bonchev–Trinajstić information content (AvgIpc) is 3.20. The Kier molecular flexibility index (Phi) is 4.77. The minimum Gasteiger partial charge on any atom is -0.384 e. The van der Waals surface area contributed by atoms with Crippen LogP contribution in [0, 0.1) is 26.7 Å². The van der Waals surface area contributed by atoms with E-state index in [1.54, 1.807) is 7.11 Å². The van der Waals surface area contributed by atoms with E-state index in [9.17, 15) is 0 Å². The van der Waals surface area contributed by atoms with Crippen molar-refractivity contribution in [3.8, 4) is 0 Å². The molecule has 3 rings (SSSR count). The molecule has 0 unspecified atom stereocenters. The number of aryl methyl sites for hydroxylation is 1. The molecule has 0 bridgehead atoms. The van der Waals surface area contributed by atoms with Gasteiger partial charge >= 0.3 is 0 Å². The molecule has 0 aromatic carbocycles. The third-order valence-electron chi connectivity index (χ3n) is 4.76. The van der Waals surface area contributed by atoms with Crippen molar-refractivity contribution in [3.05, 3.63) is 28.8 Å². The number of methoxy groups -OCH3 is 1. The monoisotopic (exact) mass is 318 g/mol. The minimum absolute atomic E-state index is 0.445. The molecule has 1 saturated heterocycles. The summed E-state index contributed by atoms with van der Waals surface area (Å²) in [6, 6.07) is 0.445. The molecule has 1 N–H and O–H groups in total. The Morgan fingerprint density at radius 3 is 2.87 bits per heavy atom. The van der Waals surface area contributed by atoms with Crippen molar-refractivity contribution in [3.63, 3.8) is 0 Å². The average molecular weight is 318 g/mol. The predicted molar refractivity (Wildman–Crippen MR) is 87.3 cm³/mol. The summed E-state index contributed by atoms with van der Waals surface area (Å²) in [5.74, 6) is 0.602. The molecule has 7 heteroatoms. The zero-order valence-corrected chi connectivity index (χ0v) is 14.4. The van der Waals surface area contributed by atoms with E-state index in [0.29, 0.717) is 18.5 Å². The Labute approximate surface area is 137 Å². The Hall–Kier alpha value is -1.73. The fourth-order valence-corrected chi connectivity index (χ4v) is 3.22. The molecule has 1 aliphatic rings. The molecule has 0 radical (unpaired) electrons. The first-order chi connectivity index (χ1) is 11.1. The number of hydrogen-bond donors (Lipinski definition) is 1. The molecule has 0 saturated carbocycles. The van der Waals surface area contributed by atoms with Gasteiger partial charge < -0.3 is 10.1 Å². The van der Waals surface area contributed by atoms with Gasteiger partial charge in [0.2, 0.25) is 0 Å². The van der Waals surface area contributed by atoms with Crippen LogP contribution in [-0.4, -0.2) is 51.1 Å². The van der Waals surface area contributed by atoms with Crippen molar-refractivity contribution in [2.45, 2.75) is 46.3 Å². The SMILES string of the molecule is COC[C@@H]1CN[C@H](Cn2cc(Cn3nc(C)c(C)c3C)nn2)C1. The van der Waals surface area contributed by atoms with E-state index in [-0.39, 0.29) is 0 Å². The third kappa shape index (κ3) is 3.61. The molecule has 0 amide bonds. The van der Waals surface area contributed by atoms with Crippen LogP contribution in [0.4, 0.5) is 0 Å². The van der Waals surface area contributed by atoms with Gasteiger partial charge in [-0.05, 0) is 38.7 Å². The lowest BCUT2D eigenvalue weighted by Crippen LogP contribution is -2.27. The predicted octanol–water partition coefficient (Wildman–Crippen LogP) is 1.07. The van der Waals surface area contributed by atoms with Crippen LogP contribution >= 0.6 is 0 Å². The van der Waals surface area contributed by atoms with Gasteiger partial charge in [0.25, 0.3) is 0 Å². The quantitative estimate of drug-likeness (QED) is 0.863. The summed E-state index contributed by atoms with van der Waals surface area (Å²) in [5.41, 5.74) is 4.46. The summed E-state index contributed by atoms with van der Waals surface area (Å²) in [6.07, 6.45) is 3.15. The van der Waals surface area contributed by atoms with Crippen LogP contribution < -0.4 is 5.32 Å². The lowest BCUT2D eigenvalue weighted by molar-refractivity contribution is 0.158. The second-order valence-corrected chi connectivity index (χ2v) is 6.55. The fraction of sp³-hybridized carbons (Fsp3) is 0.688. The maximum atomic E-state index is 5.23. The van der Waals surface area contributed by atoms with Gasteiger partial charge in [-0.3, -0.25) is 9.36 Å². The molecular formula is C16H26N6O. The van der Waals surface area contributed by atoms with Crippen molar-refractivity contribution in [2.75, 3.05) is 20.3 Å². The number of aromatic nitrogens is 5. The first-order valence-corrected chi connectivity index (χ1v) is 8.18. The molecule has 2 aromatic heterocycles. The Balaban J connectivity index is 1.59. The second-order valence-electron chi connectivity index (χ2n) is 6.55. The first-order valence-electron chi connectivity index (χ1n) is 8.18. The lowest BCUT2D eigenvalue weighted by atomic mass is 10.1. The zero-order chi connectivity index (χ0) is 16.4. The molecule has 3 heterocycles. The van der Waals surface area contributed by atoms with E-state index in [2.05, 4.69) is 34.6 Å². The van der Waals surface area contributed by atoms with Crippen LogP contribution in [-0.2, 0) is 17.8 Å². The van der Waals surface area contributed by atoms with Crippen molar-refractivity contribution in [2.24, 2.45) is 5.92 Å². The summed E-state index contributed by atoms with van der Waals surface area (Å²) < 4.78 is 9.17. The van der Waals surface area contributed by atoms with Crippen LogP contribution in [0.15, 0.2) is 6.20 Å². The van der Waals surface area contributed by atoms with Gasteiger partial charge in [0, 0.05) is 25.4 Å². The molecule has 1 aliphatic heterocycles. The van der Waals surface area contributed by atoms with Gasteiger partial charge in [-0.15, -0.1) is 5.10 Å². The largest absolute Gasteiger partial charge is 0.384 e. The van der Waals surface area contributed by atoms with Gasteiger partial charge in [0.05, 0.1) is 31.6 Å². The van der Waals surface area contributed by atoms with Crippen molar-refractivity contribution in [1.82, 2.24) is 30.1 Å². The molecule has 2 aromatic rings. The molecule has 0 aliphatic carbocycles. The van der Waals surface area contributed by atoms with Crippen LogP contribution in [0.1, 0.15) is 29.1 Å². The fourth-order valence-electron chi connectivity index (χ4n) is 3.22. The Morgan fingerprint density at radius 1 is 1.35 bits per heavy atom. The zero-order valence-electron chi connectivity index (χ0n) is 14.4. The van der Waals surface area contributed by atoms with Gasteiger partial charge in [0.15, 0.2) is 0 Å². The lowest BCUT2D eigenvalue weighted by Gasteiger charge is -2.09. The van der Waals surface area contributed by atoms with E-state index in [1.165, 1.54) is 11.3 Å². The summed E-state index contributed by atoms with van der Waals surface area (Å²) in [6.45, 7) is 9.60. The normalized spacial score (nSPS) is 21.2. The standard InChI is InChI=1S/C16H26N6O/c1-11-12(2)19-22(13(11)3)9-16-8-21(20-18-16)7-15-5-14(6-17-15)10-23-4/h8,14-15,17H,5-7,9-10H2,1-4H3/t14-,15-/m0/s1. The van der Waals surface area contributed by atoms with E-state index in [4.69, 9.17) is 4.74 Å². The molecular weight excluding hydrogens is 292 g/mol. The van der Waals surface area contributed by atoms with E-state index < -0.39 is 0 Å². The van der Waals surface area contributed by atoms with Crippen molar-refractivity contribution in [1.29, 1.82) is 0 Å². The first kappa shape index (κ1) is 16.1. The Bertz CT molecular complexity index is 662. The van der Waals surface area contributed by atoms with Crippen LogP contribution in [0.5, 0.6) is 0 Å². The smallest absolute Gasteiger partial charge is 0.104 e. The molecule has 7 nitrogen and oxygen atoms in total. The number of nitrogens with one attached hydrogen (secondary N) is 1. The van der Waals surface area contributed by atoms with Crippen LogP contribution in [0.3, 0.4) is 0 Å². The van der Waals surface area contributed by atoms with Gasteiger partial charge in [-0.2, -0.15) is 5.10 Å². The molecule has 0 spiro atoms. The molecule has 1 fully saturated rings. The summed E-state index contributed by atoms with van der Waals surface area (Å²) >= 11 is 0. The number of hydrogen-bond acceptors (Lipinski definition) is 5. The third-order valence-corrected chi connectivity index (χ3v) is 4.76. The summed E-state index contributed by atoms with van der Waals surface area (Å²) in [7, 11) is 1.76. The Morgan fingerprint density at radius 2 is 2.17 bits per heavy atom. The minimum atomic E-state index is 0.445. The van der Waals surface area contributed by atoms with Crippen LogP contribution in [0.2, 0.25) is 0 Å². The van der Waals surface area contributed by atoms with E-state index in [0.717, 1.165) is 37.5 Å². The topological polar surface area (TPSA) is 69.8 Å². The highest BCUT2D eigenvalue weighted by molar-refractivity contribution is 5.22. The summed E-state index contributed by atoms with van der Waals surface area (Å²) in [5, 5.41) is 16.6. The highest BCUT2D eigenvalue weighted by atomic mass is 16.5. The number of rotatable bonds is 6. The maximum absolute atomic E-state index is 5.23. The van der Waals surface area contributed by atoms with E-state index >= 15 is 0 Å².